The monoisotopic (exact) mass is 506 g/mol. The summed E-state index contributed by atoms with van der Waals surface area (Å²) in [6.45, 7) is 0. The van der Waals surface area contributed by atoms with Gasteiger partial charge in [-0.05, 0) is 60.4 Å². The number of pyridine rings is 2. The normalized spacial score (nSPS) is 13.9. The molecule has 6 rings (SSSR count). The van der Waals surface area contributed by atoms with Crippen LogP contribution < -0.4 is 4.72 Å². The first-order valence-corrected chi connectivity index (χ1v) is 12.8. The summed E-state index contributed by atoms with van der Waals surface area (Å²) in [5, 5.41) is 8.25. The molecule has 1 N–H and O–H groups in total. The van der Waals surface area contributed by atoms with Crippen LogP contribution in [-0.4, -0.2) is 38.0 Å². The lowest BCUT2D eigenvalue weighted by Gasteiger charge is -2.12. The zero-order valence-electron chi connectivity index (χ0n) is 19.1. The van der Waals surface area contributed by atoms with E-state index in [0.29, 0.717) is 24.0 Å². The average molecular weight is 507 g/mol. The molecule has 0 unspecified atom stereocenters. The number of rotatable bonds is 6. The van der Waals surface area contributed by atoms with Crippen molar-refractivity contribution < 1.29 is 17.2 Å². The lowest BCUT2D eigenvalue weighted by molar-refractivity contribution is 0.515. The molecule has 0 radical (unpaired) electrons. The van der Waals surface area contributed by atoms with Crippen LogP contribution in [0.2, 0.25) is 0 Å². The van der Waals surface area contributed by atoms with Gasteiger partial charge in [-0.2, -0.15) is 24.0 Å². The number of nitrogens with zero attached hydrogens (tertiary/aromatic N) is 5. The van der Waals surface area contributed by atoms with Gasteiger partial charge in [0.2, 0.25) is 21.9 Å². The van der Waals surface area contributed by atoms with Gasteiger partial charge in [-0.1, -0.05) is 6.07 Å². The first kappa shape index (κ1) is 22.4. The van der Waals surface area contributed by atoms with Gasteiger partial charge in [-0.25, -0.2) is 12.9 Å². The van der Waals surface area contributed by atoms with Gasteiger partial charge in [0.05, 0.1) is 23.2 Å². The van der Waals surface area contributed by atoms with E-state index in [-0.39, 0.29) is 11.3 Å². The van der Waals surface area contributed by atoms with Crippen molar-refractivity contribution in [2.45, 2.75) is 18.1 Å². The summed E-state index contributed by atoms with van der Waals surface area (Å²) in [4.78, 5) is 3.28. The maximum absolute atomic E-state index is 14.6. The molecule has 8 nitrogen and oxygen atoms in total. The molecule has 0 aliphatic heterocycles. The summed E-state index contributed by atoms with van der Waals surface area (Å²) in [5.41, 5.74) is 4.67. The average Bonchev–Trinajstić information content (AvgIpc) is 3.49. The minimum absolute atomic E-state index is 0.0560. The minimum Gasteiger partial charge on any atom is -0.283 e. The van der Waals surface area contributed by atoms with Crippen LogP contribution in [-0.2, 0) is 17.1 Å². The lowest BCUT2D eigenvalue weighted by atomic mass is 9.99. The number of benzene rings is 1. The Hall–Kier alpha value is -4.12. The van der Waals surface area contributed by atoms with Gasteiger partial charge in [0.25, 0.3) is 0 Å². The van der Waals surface area contributed by atoms with E-state index in [4.69, 9.17) is 0 Å². The van der Waals surface area contributed by atoms with Crippen molar-refractivity contribution in [3.8, 4) is 33.4 Å². The van der Waals surface area contributed by atoms with Crippen LogP contribution in [0.4, 0.5) is 14.5 Å². The van der Waals surface area contributed by atoms with Crippen molar-refractivity contribution in [3.05, 3.63) is 79.1 Å². The predicted molar refractivity (Wildman–Crippen MR) is 132 cm³/mol. The number of nitrogens with one attached hydrogen (secondary N) is 1. The third-order valence-corrected chi connectivity index (χ3v) is 8.02. The molecule has 1 fully saturated rings. The molecule has 0 bridgehead atoms. The molecule has 36 heavy (non-hydrogen) atoms. The smallest absolute Gasteiger partial charge is 0.235 e. The van der Waals surface area contributed by atoms with E-state index in [9.17, 15) is 17.2 Å². The zero-order valence-corrected chi connectivity index (χ0v) is 19.9. The first-order valence-electron chi connectivity index (χ1n) is 11.2. The van der Waals surface area contributed by atoms with Crippen molar-refractivity contribution in [1.29, 1.82) is 0 Å². The van der Waals surface area contributed by atoms with Crippen LogP contribution in [0.1, 0.15) is 12.8 Å². The molecule has 1 aromatic carbocycles. The Morgan fingerprint density at radius 3 is 2.36 bits per heavy atom. The van der Waals surface area contributed by atoms with Crippen molar-refractivity contribution >= 4 is 21.2 Å². The van der Waals surface area contributed by atoms with E-state index >= 15 is 0 Å². The summed E-state index contributed by atoms with van der Waals surface area (Å²) in [6.07, 6.45) is 8.41. The lowest BCUT2D eigenvalue weighted by Crippen LogP contribution is -2.17. The second-order valence-corrected chi connectivity index (χ2v) is 10.8. The number of anilines is 1. The Bertz CT molecular complexity index is 1740. The van der Waals surface area contributed by atoms with Crippen molar-refractivity contribution in [3.63, 3.8) is 0 Å². The molecule has 4 heterocycles. The molecule has 0 saturated heterocycles. The zero-order chi connectivity index (χ0) is 25.0. The molecule has 0 amide bonds. The highest BCUT2D eigenvalue weighted by atomic mass is 32.2. The maximum atomic E-state index is 14.6. The number of hydrogen-bond acceptors (Lipinski definition) is 5. The van der Waals surface area contributed by atoms with E-state index in [1.165, 1.54) is 12.1 Å². The standard InChI is InChI=1S/C25H20F2N6O2S/c1-32-13-18(11-28-32)15-2-6-23-22(12-29-33(23)14-15)17-8-16(21-5-7-24(26)30-25(21)27)9-19(10-17)31-36(34,35)20-3-4-20/h2,5-14,20,31H,3-4H2,1H3. The number of halogens is 2. The fourth-order valence-electron chi connectivity index (χ4n) is 4.20. The van der Waals surface area contributed by atoms with E-state index < -0.39 is 27.2 Å². The molecule has 1 saturated carbocycles. The molecular weight excluding hydrogens is 486 g/mol. The Balaban J connectivity index is 1.47. The molecule has 5 aromatic rings. The third-order valence-electron chi connectivity index (χ3n) is 6.15. The third kappa shape index (κ3) is 4.11. The quantitative estimate of drug-likeness (QED) is 0.339. The van der Waals surface area contributed by atoms with E-state index in [2.05, 4.69) is 19.9 Å². The Morgan fingerprint density at radius 1 is 0.889 bits per heavy atom. The number of aromatic nitrogens is 5. The van der Waals surface area contributed by atoms with Gasteiger partial charge in [0.15, 0.2) is 0 Å². The Kier molecular flexibility index (Phi) is 5.11. The highest BCUT2D eigenvalue weighted by molar-refractivity contribution is 7.93. The largest absolute Gasteiger partial charge is 0.283 e. The predicted octanol–water partition coefficient (Wildman–Crippen LogP) is 4.65. The van der Waals surface area contributed by atoms with Crippen LogP contribution in [0.3, 0.4) is 0 Å². The Morgan fingerprint density at radius 2 is 1.67 bits per heavy atom. The molecular formula is C25H20F2N6O2S. The molecule has 182 valence electrons. The highest BCUT2D eigenvalue weighted by Crippen LogP contribution is 2.36. The molecule has 1 aliphatic carbocycles. The van der Waals surface area contributed by atoms with Gasteiger partial charge < -0.3 is 0 Å². The van der Waals surface area contributed by atoms with E-state index in [1.54, 1.807) is 33.7 Å². The van der Waals surface area contributed by atoms with Crippen LogP contribution >= 0.6 is 0 Å². The molecule has 11 heteroatoms. The van der Waals surface area contributed by atoms with Gasteiger partial charge in [0.1, 0.15) is 0 Å². The SMILES string of the molecule is Cn1cc(-c2ccc3c(-c4cc(NS(=O)(=O)C5CC5)cc(-c5ccc(F)nc5F)c4)cnn3c2)cn1. The fourth-order valence-corrected chi connectivity index (χ4v) is 5.57. The molecule has 0 atom stereocenters. The molecule has 1 aliphatic rings. The molecule has 4 aromatic heterocycles. The fraction of sp³-hybridized carbons (Fsp3) is 0.160. The number of aryl methyl sites for hydroxylation is 1. The minimum atomic E-state index is -3.57. The summed E-state index contributed by atoms with van der Waals surface area (Å²) < 4.78 is 59.3. The summed E-state index contributed by atoms with van der Waals surface area (Å²) in [7, 11) is -1.72. The van der Waals surface area contributed by atoms with Gasteiger partial charge in [0, 0.05) is 47.4 Å². The summed E-state index contributed by atoms with van der Waals surface area (Å²) in [5.74, 6) is -1.92. The van der Waals surface area contributed by atoms with Gasteiger partial charge in [-0.3, -0.25) is 9.40 Å². The van der Waals surface area contributed by atoms with Crippen molar-refractivity contribution in [1.82, 2.24) is 24.4 Å². The van der Waals surface area contributed by atoms with Crippen LogP contribution in [0.15, 0.2) is 67.3 Å². The van der Waals surface area contributed by atoms with Crippen molar-refractivity contribution in [2.75, 3.05) is 4.72 Å². The van der Waals surface area contributed by atoms with E-state index in [1.807, 2.05) is 31.6 Å². The molecule has 0 spiro atoms. The summed E-state index contributed by atoms with van der Waals surface area (Å²) in [6, 6.07) is 11.1. The van der Waals surface area contributed by atoms with Crippen molar-refractivity contribution in [2.24, 2.45) is 7.05 Å². The van der Waals surface area contributed by atoms with Gasteiger partial charge in [-0.15, -0.1) is 0 Å². The van der Waals surface area contributed by atoms with E-state index in [0.717, 1.165) is 28.3 Å². The highest BCUT2D eigenvalue weighted by Gasteiger charge is 2.35. The van der Waals surface area contributed by atoms with Gasteiger partial charge >= 0.3 is 0 Å². The second kappa shape index (κ2) is 8.23. The summed E-state index contributed by atoms with van der Waals surface area (Å²) >= 11 is 0. The number of fused-ring (bicyclic) bond motifs is 1. The topological polar surface area (TPSA) is 94.2 Å². The van der Waals surface area contributed by atoms with Crippen LogP contribution in [0.25, 0.3) is 38.9 Å². The second-order valence-electron chi connectivity index (χ2n) is 8.83. The number of hydrogen-bond donors (Lipinski definition) is 1. The number of sulfonamides is 1. The maximum Gasteiger partial charge on any atom is 0.235 e. The first-order chi connectivity index (χ1) is 17.3. The Labute approximate surface area is 205 Å². The van der Waals surface area contributed by atoms with Crippen LogP contribution in [0.5, 0.6) is 0 Å². The van der Waals surface area contributed by atoms with Crippen LogP contribution in [0, 0.1) is 11.9 Å².